The van der Waals surface area contributed by atoms with Gasteiger partial charge in [0.15, 0.2) is 0 Å². The molecule has 1 atom stereocenters. The zero-order valence-electron chi connectivity index (χ0n) is 4.89. The summed E-state index contributed by atoms with van der Waals surface area (Å²) >= 11 is 3.65. The van der Waals surface area contributed by atoms with Crippen LogP contribution in [0, 0.1) is 0 Å². The quantitative estimate of drug-likeness (QED) is 0.457. The van der Waals surface area contributed by atoms with Gasteiger partial charge in [-0.05, 0) is 0 Å². The van der Waals surface area contributed by atoms with Crippen molar-refractivity contribution in [3.8, 4) is 0 Å². The standard InChI is InChI=1S/C3H7NO4S2/c4-2(1-9)3(5)8-10(6)7/h2,9-10H,1,4H2/t2-/m1/s1. The largest absolute Gasteiger partial charge is 0.346 e. The molecule has 0 aliphatic heterocycles. The summed E-state index contributed by atoms with van der Waals surface area (Å²) in [5, 5.41) is 0. The van der Waals surface area contributed by atoms with Crippen molar-refractivity contribution >= 4 is 29.6 Å². The van der Waals surface area contributed by atoms with Crippen LogP contribution in [0.25, 0.3) is 0 Å². The normalized spacial score (nSPS) is 13.1. The van der Waals surface area contributed by atoms with Gasteiger partial charge in [0.05, 0.1) is 0 Å². The maximum Gasteiger partial charge on any atom is 0.339 e. The summed E-state index contributed by atoms with van der Waals surface area (Å²) in [4.78, 5) is 10.4. The molecule has 7 heteroatoms. The zero-order valence-corrected chi connectivity index (χ0v) is 6.68. The third-order valence-electron chi connectivity index (χ3n) is 0.664. The first kappa shape index (κ1) is 9.73. The molecule has 0 aromatic heterocycles. The summed E-state index contributed by atoms with van der Waals surface area (Å²) < 4.78 is 23.2. The van der Waals surface area contributed by atoms with Gasteiger partial charge < -0.3 is 9.92 Å². The molecule has 0 saturated carbocycles. The van der Waals surface area contributed by atoms with Crippen molar-refractivity contribution in [3.05, 3.63) is 0 Å². The Morgan fingerprint density at radius 1 is 1.70 bits per heavy atom. The molecule has 0 aromatic rings. The predicted octanol–water partition coefficient (Wildman–Crippen LogP) is -1.69. The van der Waals surface area contributed by atoms with E-state index < -0.39 is 23.0 Å². The second-order valence-electron chi connectivity index (χ2n) is 1.42. The Morgan fingerprint density at radius 2 is 2.20 bits per heavy atom. The first-order valence-corrected chi connectivity index (χ1v) is 4.03. The highest BCUT2D eigenvalue weighted by Gasteiger charge is 2.13. The Labute approximate surface area is 65.1 Å². The van der Waals surface area contributed by atoms with Crippen molar-refractivity contribution < 1.29 is 17.4 Å². The van der Waals surface area contributed by atoms with E-state index in [0.29, 0.717) is 0 Å². The van der Waals surface area contributed by atoms with Crippen molar-refractivity contribution in [3.63, 3.8) is 0 Å². The predicted molar refractivity (Wildman–Crippen MR) is 38.2 cm³/mol. The lowest BCUT2D eigenvalue weighted by atomic mass is 10.4. The molecule has 10 heavy (non-hydrogen) atoms. The van der Waals surface area contributed by atoms with Crippen LogP contribution in [0.15, 0.2) is 0 Å². The average Bonchev–Trinajstić information content (AvgIpc) is 1.85. The van der Waals surface area contributed by atoms with Crippen molar-refractivity contribution in [2.75, 3.05) is 5.75 Å². The molecule has 0 aliphatic rings. The van der Waals surface area contributed by atoms with Gasteiger partial charge in [-0.1, -0.05) is 0 Å². The van der Waals surface area contributed by atoms with Gasteiger partial charge in [-0.2, -0.15) is 21.0 Å². The second-order valence-corrected chi connectivity index (χ2v) is 2.42. The van der Waals surface area contributed by atoms with Crippen LogP contribution < -0.4 is 5.73 Å². The number of rotatable bonds is 3. The first-order chi connectivity index (χ1) is 4.57. The summed E-state index contributed by atoms with van der Waals surface area (Å²) in [5.74, 6) is -0.923. The van der Waals surface area contributed by atoms with E-state index >= 15 is 0 Å². The minimum absolute atomic E-state index is 0.0575. The fourth-order valence-corrected chi connectivity index (χ4v) is 0.647. The minimum Gasteiger partial charge on any atom is -0.346 e. The van der Waals surface area contributed by atoms with Crippen molar-refractivity contribution in [2.24, 2.45) is 5.73 Å². The summed E-state index contributed by atoms with van der Waals surface area (Å²) in [6.07, 6.45) is 0. The molecule has 0 unspecified atom stereocenters. The molecule has 0 amide bonds. The number of thiol groups is 2. The van der Waals surface area contributed by atoms with Crippen molar-refractivity contribution in [2.45, 2.75) is 6.04 Å². The topological polar surface area (TPSA) is 86.5 Å². The molecular weight excluding hydrogens is 178 g/mol. The van der Waals surface area contributed by atoms with Crippen LogP contribution in [-0.4, -0.2) is 26.2 Å². The van der Waals surface area contributed by atoms with E-state index in [1.165, 1.54) is 0 Å². The summed E-state index contributed by atoms with van der Waals surface area (Å²) in [5.41, 5.74) is 5.05. The molecule has 0 spiro atoms. The molecule has 0 saturated heterocycles. The van der Waals surface area contributed by atoms with Gasteiger partial charge >= 0.3 is 17.0 Å². The summed E-state index contributed by atoms with van der Waals surface area (Å²) in [6, 6.07) is -0.976. The van der Waals surface area contributed by atoms with E-state index in [1.807, 2.05) is 0 Å². The van der Waals surface area contributed by atoms with Gasteiger partial charge in [-0.25, -0.2) is 4.79 Å². The molecule has 0 heterocycles. The molecule has 0 radical (unpaired) electrons. The van der Waals surface area contributed by atoms with Crippen LogP contribution in [-0.2, 0) is 20.0 Å². The Bertz CT molecular complexity index is 181. The van der Waals surface area contributed by atoms with E-state index in [9.17, 15) is 13.2 Å². The van der Waals surface area contributed by atoms with E-state index in [0.717, 1.165) is 0 Å². The number of hydrogen-bond acceptors (Lipinski definition) is 6. The number of hydrogen-bond donors (Lipinski definition) is 3. The van der Waals surface area contributed by atoms with Gasteiger partial charge in [0.25, 0.3) is 0 Å². The van der Waals surface area contributed by atoms with Gasteiger partial charge in [-0.15, -0.1) is 0 Å². The molecule has 2 N–H and O–H groups in total. The molecule has 0 bridgehead atoms. The van der Waals surface area contributed by atoms with Gasteiger partial charge in [0.2, 0.25) is 0 Å². The maximum atomic E-state index is 10.4. The highest BCUT2D eigenvalue weighted by molar-refractivity contribution is 7.80. The highest BCUT2D eigenvalue weighted by Crippen LogP contribution is 1.87. The molecule has 0 fully saturated rings. The second kappa shape index (κ2) is 4.53. The average molecular weight is 185 g/mol. The van der Waals surface area contributed by atoms with Crippen molar-refractivity contribution in [1.29, 1.82) is 0 Å². The maximum absolute atomic E-state index is 10.4. The van der Waals surface area contributed by atoms with Crippen LogP contribution in [0.5, 0.6) is 0 Å². The van der Waals surface area contributed by atoms with Crippen LogP contribution in [0.3, 0.4) is 0 Å². The minimum atomic E-state index is -3.14. The van der Waals surface area contributed by atoms with Gasteiger partial charge in [0.1, 0.15) is 6.04 Å². The van der Waals surface area contributed by atoms with Gasteiger partial charge in [0, 0.05) is 5.75 Å². The lowest BCUT2D eigenvalue weighted by Gasteiger charge is -2.01. The third kappa shape index (κ3) is 3.70. The Balaban J connectivity index is 3.85. The van der Waals surface area contributed by atoms with E-state index in [-0.39, 0.29) is 5.75 Å². The molecule has 5 nitrogen and oxygen atoms in total. The fourth-order valence-electron chi connectivity index (χ4n) is 0.216. The van der Waals surface area contributed by atoms with Crippen LogP contribution in [0.1, 0.15) is 0 Å². The lowest BCUT2D eigenvalue weighted by molar-refractivity contribution is -0.134. The third-order valence-corrected chi connectivity index (χ3v) is 1.39. The number of carbonyl (C=O) groups excluding carboxylic acids is 1. The first-order valence-electron chi connectivity index (χ1n) is 2.30. The lowest BCUT2D eigenvalue weighted by Crippen LogP contribution is -2.33. The molecular formula is C3H7NO4S2. The van der Waals surface area contributed by atoms with E-state index in [4.69, 9.17) is 5.73 Å². The summed E-state index contributed by atoms with van der Waals surface area (Å²) in [7, 11) is -3.14. The highest BCUT2D eigenvalue weighted by atomic mass is 32.2. The molecule has 60 valence electrons. The van der Waals surface area contributed by atoms with E-state index in [2.05, 4.69) is 16.8 Å². The SMILES string of the molecule is N[C@H](CS)C(=O)O[SH](=O)=O. The number of carbonyl (C=O) groups is 1. The molecule has 0 aliphatic carbocycles. The zero-order chi connectivity index (χ0) is 8.15. The molecule has 0 aromatic carbocycles. The summed E-state index contributed by atoms with van der Waals surface area (Å²) in [6.45, 7) is 0. The van der Waals surface area contributed by atoms with Crippen molar-refractivity contribution in [1.82, 2.24) is 0 Å². The smallest absolute Gasteiger partial charge is 0.339 e. The van der Waals surface area contributed by atoms with Crippen LogP contribution >= 0.6 is 12.6 Å². The van der Waals surface area contributed by atoms with Crippen LogP contribution in [0.2, 0.25) is 0 Å². The Hall–Kier alpha value is -0.270. The number of nitrogens with two attached hydrogens (primary N) is 1. The molecule has 0 rings (SSSR count). The monoisotopic (exact) mass is 185 g/mol. The van der Waals surface area contributed by atoms with E-state index in [1.54, 1.807) is 0 Å². The van der Waals surface area contributed by atoms with Gasteiger partial charge in [-0.3, -0.25) is 0 Å². The fraction of sp³-hybridized carbons (Fsp3) is 0.667. The Kier molecular flexibility index (Phi) is 4.41. The van der Waals surface area contributed by atoms with Crippen LogP contribution in [0.4, 0.5) is 0 Å². The Morgan fingerprint density at radius 3 is 2.50 bits per heavy atom.